The number of carbonyl (C=O) groups excluding carboxylic acids is 2. The molecule has 1 aromatic rings. The topological polar surface area (TPSA) is 67.7 Å². The molecule has 0 radical (unpaired) electrons. The first-order valence-corrected chi connectivity index (χ1v) is 9.55. The maximum atomic E-state index is 12.5. The summed E-state index contributed by atoms with van der Waals surface area (Å²) in [6.07, 6.45) is 7.62. The molecule has 1 spiro atoms. The molecule has 2 fully saturated rings. The van der Waals surface area contributed by atoms with Crippen molar-refractivity contribution >= 4 is 11.8 Å². The van der Waals surface area contributed by atoms with Gasteiger partial charge in [-0.15, -0.1) is 0 Å². The zero-order valence-corrected chi connectivity index (χ0v) is 15.9. The normalized spacial score (nSPS) is 19.5. The van der Waals surface area contributed by atoms with Crippen LogP contribution in [0.5, 0.6) is 0 Å². The Hall–Kier alpha value is -1.89. The van der Waals surface area contributed by atoms with Crippen molar-refractivity contribution in [2.45, 2.75) is 45.6 Å². The van der Waals surface area contributed by atoms with Crippen molar-refractivity contribution in [3.63, 3.8) is 0 Å². The van der Waals surface area contributed by atoms with Gasteiger partial charge in [-0.1, -0.05) is 0 Å². The lowest BCUT2D eigenvalue weighted by Crippen LogP contribution is -2.44. The van der Waals surface area contributed by atoms with Crippen molar-refractivity contribution < 1.29 is 14.3 Å². The van der Waals surface area contributed by atoms with E-state index in [1.165, 1.54) is 0 Å². The lowest BCUT2D eigenvalue weighted by molar-refractivity contribution is -0.133. The number of hydrogen-bond donors (Lipinski definition) is 0. The molecule has 0 N–H and O–H groups in total. The van der Waals surface area contributed by atoms with E-state index in [-0.39, 0.29) is 17.2 Å². The molecule has 7 heteroatoms. The van der Waals surface area contributed by atoms with Gasteiger partial charge in [0.15, 0.2) is 0 Å². The number of carbonyl (C=O) groups is 2. The number of likely N-dealkylation sites (tertiary alicyclic amines) is 2. The standard InChI is InChI=1S/C19H30N4O3/c1-16-13-20-23(14-16)8-4-17(24)21-9-5-19(6-10-21)12-18(25)22(15-19)7-3-11-26-2/h13-14H,3-12,15H2,1-2H3. The minimum absolute atomic E-state index is 0.0695. The molecule has 2 amide bonds. The van der Waals surface area contributed by atoms with Gasteiger partial charge in [-0.05, 0) is 31.7 Å². The van der Waals surface area contributed by atoms with E-state index >= 15 is 0 Å². The third kappa shape index (κ3) is 4.44. The molecular weight excluding hydrogens is 332 g/mol. The summed E-state index contributed by atoms with van der Waals surface area (Å²) < 4.78 is 6.91. The first-order chi connectivity index (χ1) is 12.5. The number of amides is 2. The fourth-order valence-electron chi connectivity index (χ4n) is 4.11. The lowest BCUT2D eigenvalue weighted by atomic mass is 9.77. The van der Waals surface area contributed by atoms with Gasteiger partial charge in [-0.3, -0.25) is 14.3 Å². The fraction of sp³-hybridized carbons (Fsp3) is 0.737. The minimum atomic E-state index is 0.0695. The molecule has 0 bridgehead atoms. The highest BCUT2D eigenvalue weighted by Crippen LogP contribution is 2.41. The number of hydrogen-bond acceptors (Lipinski definition) is 4. The Morgan fingerprint density at radius 2 is 2.08 bits per heavy atom. The lowest BCUT2D eigenvalue weighted by Gasteiger charge is -2.39. The molecule has 144 valence electrons. The van der Waals surface area contributed by atoms with Crippen LogP contribution in [0, 0.1) is 12.3 Å². The summed E-state index contributed by atoms with van der Waals surface area (Å²) in [5.41, 5.74) is 1.18. The average molecular weight is 362 g/mol. The maximum absolute atomic E-state index is 12.5. The van der Waals surface area contributed by atoms with Gasteiger partial charge >= 0.3 is 0 Å². The number of piperidine rings is 1. The second-order valence-corrected chi connectivity index (χ2v) is 7.75. The van der Waals surface area contributed by atoms with Gasteiger partial charge in [0.1, 0.15) is 0 Å². The Bertz CT molecular complexity index is 634. The van der Waals surface area contributed by atoms with Crippen LogP contribution in [-0.4, -0.2) is 71.3 Å². The van der Waals surface area contributed by atoms with Crippen LogP contribution < -0.4 is 0 Å². The van der Waals surface area contributed by atoms with Gasteiger partial charge in [0.2, 0.25) is 11.8 Å². The third-order valence-corrected chi connectivity index (χ3v) is 5.68. The Morgan fingerprint density at radius 1 is 1.31 bits per heavy atom. The summed E-state index contributed by atoms with van der Waals surface area (Å²) in [5.74, 6) is 0.448. The third-order valence-electron chi connectivity index (χ3n) is 5.68. The van der Waals surface area contributed by atoms with Crippen molar-refractivity contribution in [3.8, 4) is 0 Å². The first-order valence-electron chi connectivity index (χ1n) is 9.55. The minimum Gasteiger partial charge on any atom is -0.385 e. The van der Waals surface area contributed by atoms with Crippen molar-refractivity contribution in [1.29, 1.82) is 0 Å². The van der Waals surface area contributed by atoms with Gasteiger partial charge in [0.25, 0.3) is 0 Å². The van der Waals surface area contributed by atoms with Gasteiger partial charge in [-0.25, -0.2) is 0 Å². The van der Waals surface area contributed by atoms with Crippen molar-refractivity contribution in [2.75, 3.05) is 39.9 Å². The molecule has 0 atom stereocenters. The summed E-state index contributed by atoms with van der Waals surface area (Å²) in [5, 5.41) is 4.23. The van der Waals surface area contributed by atoms with Crippen LogP contribution in [0.3, 0.4) is 0 Å². The molecule has 7 nitrogen and oxygen atoms in total. The van der Waals surface area contributed by atoms with Crippen molar-refractivity contribution in [2.24, 2.45) is 5.41 Å². The largest absolute Gasteiger partial charge is 0.385 e. The summed E-state index contributed by atoms with van der Waals surface area (Å²) in [6.45, 7) is 6.45. The van der Waals surface area contributed by atoms with E-state index in [0.717, 1.165) is 51.0 Å². The predicted octanol–water partition coefficient (Wildman–Crippen LogP) is 1.46. The molecule has 26 heavy (non-hydrogen) atoms. The smallest absolute Gasteiger partial charge is 0.224 e. The van der Waals surface area contributed by atoms with Crippen LogP contribution in [0.25, 0.3) is 0 Å². The number of aromatic nitrogens is 2. The Labute approximate surface area is 155 Å². The zero-order chi connectivity index (χ0) is 18.6. The number of nitrogens with zero attached hydrogens (tertiary/aromatic N) is 4. The van der Waals surface area contributed by atoms with Gasteiger partial charge in [-0.2, -0.15) is 5.10 Å². The molecule has 3 heterocycles. The second kappa shape index (κ2) is 8.20. The number of rotatable bonds is 7. The maximum Gasteiger partial charge on any atom is 0.224 e. The highest BCUT2D eigenvalue weighted by Gasteiger charge is 2.45. The summed E-state index contributed by atoms with van der Waals surface area (Å²) in [7, 11) is 1.69. The van der Waals surface area contributed by atoms with Crippen LogP contribution in [-0.2, 0) is 20.9 Å². The van der Waals surface area contributed by atoms with Crippen LogP contribution in [0.4, 0.5) is 0 Å². The molecule has 0 saturated carbocycles. The molecule has 2 saturated heterocycles. The SMILES string of the molecule is COCCCN1CC2(CCN(C(=O)CCn3cc(C)cn3)CC2)CC1=O. The zero-order valence-electron chi connectivity index (χ0n) is 15.9. The van der Waals surface area contributed by atoms with Gasteiger partial charge in [0, 0.05) is 70.9 Å². The Kier molecular flexibility index (Phi) is 5.96. The molecule has 1 aromatic heterocycles. The summed E-state index contributed by atoms with van der Waals surface area (Å²) >= 11 is 0. The number of methoxy groups -OCH3 is 1. The van der Waals surface area contributed by atoms with Gasteiger partial charge in [0.05, 0.1) is 6.20 Å². The molecule has 2 aliphatic heterocycles. The van der Waals surface area contributed by atoms with E-state index < -0.39 is 0 Å². The van der Waals surface area contributed by atoms with E-state index in [4.69, 9.17) is 4.74 Å². The molecule has 0 aliphatic carbocycles. The van der Waals surface area contributed by atoms with Crippen LogP contribution in [0.15, 0.2) is 12.4 Å². The summed E-state index contributed by atoms with van der Waals surface area (Å²) in [4.78, 5) is 28.7. The van der Waals surface area contributed by atoms with E-state index in [0.29, 0.717) is 26.0 Å². The highest BCUT2D eigenvalue weighted by molar-refractivity contribution is 5.80. The molecular formula is C19H30N4O3. The van der Waals surface area contributed by atoms with Crippen molar-refractivity contribution in [3.05, 3.63) is 18.0 Å². The molecule has 0 aromatic carbocycles. The van der Waals surface area contributed by atoms with E-state index in [1.54, 1.807) is 7.11 Å². The Balaban J connectivity index is 1.44. The number of ether oxygens (including phenoxy) is 1. The number of aryl methyl sites for hydroxylation is 2. The quantitative estimate of drug-likeness (QED) is 0.689. The van der Waals surface area contributed by atoms with Crippen LogP contribution in [0.2, 0.25) is 0 Å². The van der Waals surface area contributed by atoms with Gasteiger partial charge < -0.3 is 14.5 Å². The molecule has 0 unspecified atom stereocenters. The Morgan fingerprint density at radius 3 is 2.73 bits per heavy atom. The first kappa shape index (κ1) is 18.9. The molecule has 3 rings (SSSR count). The summed E-state index contributed by atoms with van der Waals surface area (Å²) in [6, 6.07) is 0. The van der Waals surface area contributed by atoms with E-state index in [1.807, 2.05) is 33.8 Å². The second-order valence-electron chi connectivity index (χ2n) is 7.75. The fourth-order valence-corrected chi connectivity index (χ4v) is 4.11. The van der Waals surface area contributed by atoms with Crippen molar-refractivity contribution in [1.82, 2.24) is 19.6 Å². The monoisotopic (exact) mass is 362 g/mol. The van der Waals surface area contributed by atoms with Crippen LogP contribution >= 0.6 is 0 Å². The van der Waals surface area contributed by atoms with E-state index in [9.17, 15) is 9.59 Å². The highest BCUT2D eigenvalue weighted by atomic mass is 16.5. The predicted molar refractivity (Wildman–Crippen MR) is 97.5 cm³/mol. The molecule has 2 aliphatic rings. The van der Waals surface area contributed by atoms with Crippen LogP contribution in [0.1, 0.15) is 37.7 Å². The van der Waals surface area contributed by atoms with E-state index in [2.05, 4.69) is 5.10 Å². The average Bonchev–Trinajstić information content (AvgIpc) is 3.17.